The third-order valence-electron chi connectivity index (χ3n) is 2.55. The Labute approximate surface area is 102 Å². The highest BCUT2D eigenvalue weighted by atomic mass is 35.5. The summed E-state index contributed by atoms with van der Waals surface area (Å²) in [6, 6.07) is 6.28. The fourth-order valence-electron chi connectivity index (χ4n) is 1.73. The van der Waals surface area contributed by atoms with Gasteiger partial charge in [-0.15, -0.1) is 21.8 Å². The molecule has 3 nitrogen and oxygen atoms in total. The van der Waals surface area contributed by atoms with Gasteiger partial charge in [-0.2, -0.15) is 0 Å². The molecule has 2 heterocycles. The Morgan fingerprint density at radius 3 is 2.94 bits per heavy atom. The van der Waals surface area contributed by atoms with Gasteiger partial charge in [-0.25, -0.2) is 0 Å². The average Bonchev–Trinajstić information content (AvgIpc) is 2.96. The zero-order valence-corrected chi connectivity index (χ0v) is 10.0. The Hall–Kier alpha value is -0.970. The van der Waals surface area contributed by atoms with Crippen molar-refractivity contribution in [3.8, 4) is 10.6 Å². The molecule has 0 unspecified atom stereocenters. The number of ether oxygens (including phenoxy) is 1. The Kier molecular flexibility index (Phi) is 2.63. The standard InChI is InChI=1S/C11H9ClN2OS/c12-4-10-13-14-11(16-10)7-1-2-8-5-15-6-9(8)3-7/h1-3H,4-6H2. The predicted molar refractivity (Wildman–Crippen MR) is 63.4 cm³/mol. The molecule has 0 fully saturated rings. The molecule has 1 aliphatic rings. The maximum absolute atomic E-state index is 5.71. The molecule has 0 radical (unpaired) electrons. The molecule has 0 N–H and O–H groups in total. The quantitative estimate of drug-likeness (QED) is 0.771. The molecule has 1 aromatic carbocycles. The summed E-state index contributed by atoms with van der Waals surface area (Å²) in [6.07, 6.45) is 0. The molecule has 16 heavy (non-hydrogen) atoms. The lowest BCUT2D eigenvalue weighted by atomic mass is 10.1. The first-order chi connectivity index (χ1) is 7.86. The van der Waals surface area contributed by atoms with Crippen molar-refractivity contribution < 1.29 is 4.74 Å². The second-order valence-electron chi connectivity index (χ2n) is 3.61. The van der Waals surface area contributed by atoms with Crippen LogP contribution in [0.25, 0.3) is 10.6 Å². The lowest BCUT2D eigenvalue weighted by Gasteiger charge is -1.99. The molecule has 0 amide bonds. The fourth-order valence-corrected chi connectivity index (χ4v) is 2.63. The van der Waals surface area contributed by atoms with Gasteiger partial charge in [0.2, 0.25) is 0 Å². The maximum atomic E-state index is 5.71. The first kappa shape index (κ1) is 10.2. The van der Waals surface area contributed by atoms with E-state index in [-0.39, 0.29) is 0 Å². The molecule has 1 aromatic heterocycles. The van der Waals surface area contributed by atoms with Crippen molar-refractivity contribution >= 4 is 22.9 Å². The number of hydrogen-bond donors (Lipinski definition) is 0. The van der Waals surface area contributed by atoms with Crippen LogP contribution in [-0.4, -0.2) is 10.2 Å². The SMILES string of the molecule is ClCc1nnc(-c2ccc3c(c2)COC3)s1. The minimum absolute atomic E-state index is 0.422. The molecule has 5 heteroatoms. The third kappa shape index (κ3) is 1.73. The van der Waals surface area contributed by atoms with E-state index in [2.05, 4.69) is 28.4 Å². The summed E-state index contributed by atoms with van der Waals surface area (Å²) in [5.41, 5.74) is 3.61. The first-order valence-corrected chi connectivity index (χ1v) is 6.30. The molecule has 0 saturated carbocycles. The largest absolute Gasteiger partial charge is 0.372 e. The summed E-state index contributed by atoms with van der Waals surface area (Å²) in [5, 5.41) is 9.91. The normalized spacial score (nSPS) is 14.1. The molecular formula is C11H9ClN2OS. The second-order valence-corrected chi connectivity index (χ2v) is 4.94. The van der Waals surface area contributed by atoms with Gasteiger partial charge >= 0.3 is 0 Å². The van der Waals surface area contributed by atoms with Crippen LogP contribution in [0.3, 0.4) is 0 Å². The van der Waals surface area contributed by atoms with Crippen LogP contribution < -0.4 is 0 Å². The van der Waals surface area contributed by atoms with Crippen LogP contribution in [0, 0.1) is 0 Å². The van der Waals surface area contributed by atoms with Gasteiger partial charge in [0.05, 0.1) is 19.1 Å². The van der Waals surface area contributed by atoms with Crippen molar-refractivity contribution in [3.05, 3.63) is 34.3 Å². The van der Waals surface area contributed by atoms with Crippen LogP contribution >= 0.6 is 22.9 Å². The summed E-state index contributed by atoms with van der Waals surface area (Å²) in [6.45, 7) is 1.42. The van der Waals surface area contributed by atoms with Crippen LogP contribution in [-0.2, 0) is 23.8 Å². The van der Waals surface area contributed by atoms with Crippen molar-refractivity contribution in [1.82, 2.24) is 10.2 Å². The Morgan fingerprint density at radius 2 is 2.12 bits per heavy atom. The molecule has 0 spiro atoms. The summed E-state index contributed by atoms with van der Waals surface area (Å²) in [7, 11) is 0. The Balaban J connectivity index is 2.00. The van der Waals surface area contributed by atoms with Crippen molar-refractivity contribution in [2.45, 2.75) is 19.1 Å². The lowest BCUT2D eigenvalue weighted by Crippen LogP contribution is -1.84. The highest BCUT2D eigenvalue weighted by molar-refractivity contribution is 7.14. The molecule has 0 bridgehead atoms. The van der Waals surface area contributed by atoms with E-state index in [0.29, 0.717) is 12.5 Å². The number of nitrogens with zero attached hydrogens (tertiary/aromatic N) is 2. The van der Waals surface area contributed by atoms with Crippen molar-refractivity contribution in [2.24, 2.45) is 0 Å². The summed E-state index contributed by atoms with van der Waals surface area (Å²) in [5.74, 6) is 0.422. The molecule has 0 aliphatic carbocycles. The number of aromatic nitrogens is 2. The Bertz CT molecular complexity index is 526. The summed E-state index contributed by atoms with van der Waals surface area (Å²) < 4.78 is 5.38. The molecule has 1 aliphatic heterocycles. The minimum Gasteiger partial charge on any atom is -0.372 e. The van der Waals surface area contributed by atoms with Crippen molar-refractivity contribution in [2.75, 3.05) is 0 Å². The zero-order chi connectivity index (χ0) is 11.0. The van der Waals surface area contributed by atoms with Gasteiger partial charge in [-0.1, -0.05) is 23.5 Å². The first-order valence-electron chi connectivity index (χ1n) is 4.95. The molecule has 3 rings (SSSR count). The van der Waals surface area contributed by atoms with Gasteiger partial charge in [0.25, 0.3) is 0 Å². The zero-order valence-electron chi connectivity index (χ0n) is 8.44. The van der Waals surface area contributed by atoms with E-state index in [9.17, 15) is 0 Å². The van der Waals surface area contributed by atoms with E-state index in [1.807, 2.05) is 0 Å². The fraction of sp³-hybridized carbons (Fsp3) is 0.273. The minimum atomic E-state index is 0.422. The number of hydrogen-bond acceptors (Lipinski definition) is 4. The number of halogens is 1. The van der Waals surface area contributed by atoms with Crippen LogP contribution in [0.4, 0.5) is 0 Å². The number of benzene rings is 1. The molecule has 0 saturated heterocycles. The van der Waals surface area contributed by atoms with Crippen molar-refractivity contribution in [3.63, 3.8) is 0 Å². The van der Waals surface area contributed by atoms with Crippen molar-refractivity contribution in [1.29, 1.82) is 0 Å². The Morgan fingerprint density at radius 1 is 1.25 bits per heavy atom. The number of alkyl halides is 1. The molecule has 2 aromatic rings. The van der Waals surface area contributed by atoms with E-state index in [1.165, 1.54) is 22.5 Å². The van der Waals surface area contributed by atoms with Crippen LogP contribution in [0.5, 0.6) is 0 Å². The highest BCUT2D eigenvalue weighted by Gasteiger charge is 2.13. The van der Waals surface area contributed by atoms with Gasteiger partial charge < -0.3 is 4.74 Å². The van der Waals surface area contributed by atoms with E-state index < -0.39 is 0 Å². The number of rotatable bonds is 2. The topological polar surface area (TPSA) is 35.0 Å². The molecule has 0 atom stereocenters. The predicted octanol–water partition coefficient (Wildman–Crippen LogP) is 2.97. The van der Waals surface area contributed by atoms with Gasteiger partial charge in [-0.05, 0) is 17.2 Å². The van der Waals surface area contributed by atoms with Gasteiger partial charge in [0.1, 0.15) is 10.0 Å². The van der Waals surface area contributed by atoms with Gasteiger partial charge in [0.15, 0.2) is 0 Å². The highest BCUT2D eigenvalue weighted by Crippen LogP contribution is 2.29. The maximum Gasteiger partial charge on any atom is 0.147 e. The van der Waals surface area contributed by atoms with Crippen LogP contribution in [0.15, 0.2) is 18.2 Å². The third-order valence-corrected chi connectivity index (χ3v) is 3.93. The second kappa shape index (κ2) is 4.13. The average molecular weight is 253 g/mol. The molecular weight excluding hydrogens is 244 g/mol. The van der Waals surface area contributed by atoms with Crippen LogP contribution in [0.1, 0.15) is 16.1 Å². The number of fused-ring (bicyclic) bond motifs is 1. The van der Waals surface area contributed by atoms with E-state index in [0.717, 1.165) is 22.2 Å². The van der Waals surface area contributed by atoms with E-state index in [1.54, 1.807) is 0 Å². The summed E-state index contributed by atoms with van der Waals surface area (Å²) >= 11 is 7.25. The monoisotopic (exact) mass is 252 g/mol. The van der Waals surface area contributed by atoms with E-state index >= 15 is 0 Å². The lowest BCUT2D eigenvalue weighted by molar-refractivity contribution is 0.134. The molecule has 82 valence electrons. The van der Waals surface area contributed by atoms with Crippen LogP contribution in [0.2, 0.25) is 0 Å². The van der Waals surface area contributed by atoms with Gasteiger partial charge in [-0.3, -0.25) is 0 Å². The van der Waals surface area contributed by atoms with Gasteiger partial charge in [0, 0.05) is 5.56 Å². The smallest absolute Gasteiger partial charge is 0.147 e. The van der Waals surface area contributed by atoms with E-state index in [4.69, 9.17) is 16.3 Å². The summed E-state index contributed by atoms with van der Waals surface area (Å²) in [4.78, 5) is 0.